The number of aryl methyl sites for hydroxylation is 3. The molecule has 6 atom stereocenters. The summed E-state index contributed by atoms with van der Waals surface area (Å²) in [4.78, 5) is 133. The largest absolute Gasteiger partial charge is 0.502 e. The number of pyridine rings is 4. The first-order valence-corrected chi connectivity index (χ1v) is 52.6. The first-order chi connectivity index (χ1) is 64.5. The van der Waals surface area contributed by atoms with Gasteiger partial charge in [0.15, 0.2) is 75.3 Å². The number of thioether (sulfide) groups is 9. The van der Waals surface area contributed by atoms with E-state index in [1.54, 1.807) is 83.0 Å². The highest BCUT2D eigenvalue weighted by molar-refractivity contribution is 8.02. The summed E-state index contributed by atoms with van der Waals surface area (Å²) >= 11 is 49.0. The molecule has 6 aliphatic heterocycles. The number of hydrogen-bond acceptors (Lipinski definition) is 24. The average Bonchev–Trinajstić information content (AvgIpc) is 1.01. The standard InChI is InChI=1S/C30H29Cl2N5O6S3.C30H28Cl2N4O6S3.C27H28Cl2N8O4S3/c1-18-35(11-12-36(18)14-25(39)40)8-2-7-34-9-5-21(6-10-34)44-15-19-16-46-29-26(28(41)37(29)27(19)30(42)43)33-24(38)17-45-23-13-20(31)3-4-22(23)32;1-16-27(39)21(17(12-37)10-34(16)2)11-35-7-5-20(6-8-35)43-13-18-14-45-29-25(28(40)36(29)26(18)30(41)42)33-24(38)15-44-23-9-19(31)3-4-22(23)32;1-37(2,12-21-31-33-34-32-21)10-9-35-7-5-18(6-8-35)42-13-16-14-44-26-23(25(39)36(26)24(16)27(40)41)30-22(38)15-43-20-11-17(28)3-4-19(20)29/h3-6,9-13,26,29H,2,7-8,14-17H2,1H3,(H-2,33,38,39,40,42,43);3-10,25,29,37H,11-15H2,1-2H3,(H-2,33,38,39,41,42);3-8,11,23,26H,9-10,12-15H2,1-2H3,(H-2,30,31,32,33,34,38,40,41)/p+6. The van der Waals surface area contributed by atoms with Crippen LogP contribution < -0.4 is 38.8 Å². The number of tetrazole rings is 1. The molecule has 3 aromatic carbocycles. The number of aromatic amines is 1. The summed E-state index contributed by atoms with van der Waals surface area (Å²) in [7, 11) is 6.03. The van der Waals surface area contributed by atoms with Crippen LogP contribution in [0.25, 0.3) is 0 Å². The van der Waals surface area contributed by atoms with E-state index in [2.05, 4.69) is 59.8 Å². The smallest absolute Gasteiger partial charge is 0.352 e. The number of likely N-dealkylation sites (N-methyl/N-ethyl adjacent to an activating group) is 1. The molecule has 710 valence electrons. The molecule has 0 bridgehead atoms. The lowest BCUT2D eigenvalue weighted by molar-refractivity contribution is -0.922. The van der Waals surface area contributed by atoms with E-state index in [1.165, 1.54) is 121 Å². The van der Waals surface area contributed by atoms with Gasteiger partial charge in [-0.25, -0.2) is 42.0 Å². The number of fused-ring (bicyclic) bond motifs is 3. The normalized spacial score (nSPS) is 17.7. The first kappa shape index (κ1) is 103. The number of quaternary nitrogens is 1. The average molecular weight is 2130 g/mol. The summed E-state index contributed by atoms with van der Waals surface area (Å²) < 4.78 is 12.2. The maximum absolute atomic E-state index is 13.0. The summed E-state index contributed by atoms with van der Waals surface area (Å²) in [6.45, 7) is 7.65. The van der Waals surface area contributed by atoms with Crippen molar-refractivity contribution in [3.8, 4) is 5.75 Å². The summed E-state index contributed by atoms with van der Waals surface area (Å²) in [5, 5.41) is 83.4. The minimum atomic E-state index is -1.18. The number of aliphatic hydroxyl groups is 1. The van der Waals surface area contributed by atoms with Crippen molar-refractivity contribution in [2.24, 2.45) is 7.05 Å². The predicted molar refractivity (Wildman–Crippen MR) is 518 cm³/mol. The molecule has 6 unspecified atom stereocenters. The number of aromatic nitrogens is 10. The number of nitrogens with one attached hydrogen (secondary N) is 4. The Bertz CT molecular complexity index is 6140. The SMILES string of the molecule is C[N+](C)(CC[n+]1ccc(SCC2=C(C(=O)O)N3C(=O)C(NC(=O)CSc4cc(Cl)ccc4Cl)C3SC2)cc1)Cc1nn[nH]n1.Cc1c(O)c(C[n+]2ccc(SCC3=C(C(=O)O)N4C(=O)C(NC(=O)CSc5cc(Cl)ccc5Cl)C4SC3)cc2)c(CO)c[n+]1C.Cc1n(CCC[n+]2ccc(SCC3=C(C(=O)O)N4C(=O)C(NC(=O)CSc5cc(Cl)ccc5Cl)C4SC3)cc2)cc[n+]1CC(=O)O. The second kappa shape index (κ2) is 47.2. The molecule has 0 saturated carbocycles. The minimum Gasteiger partial charge on any atom is -0.502 e. The minimum absolute atomic E-state index is 0.00410. The molecule has 12 heterocycles. The monoisotopic (exact) mass is 2130 g/mol. The van der Waals surface area contributed by atoms with Gasteiger partial charge in [0.2, 0.25) is 29.2 Å². The number of hydrogen-bond donors (Lipinski definition) is 10. The Balaban J connectivity index is 0.000000172. The third-order valence-corrected chi connectivity index (χ3v) is 34.5. The number of carboxylic acids is 4. The fraction of sp³-hybridized carbons (Fsp3) is 0.333. The van der Waals surface area contributed by atoms with E-state index in [0.29, 0.717) is 136 Å². The third-order valence-electron chi connectivity index (χ3n) is 22.0. The fourth-order valence-electron chi connectivity index (χ4n) is 14.8. The van der Waals surface area contributed by atoms with Gasteiger partial charge in [0.1, 0.15) is 83.9 Å². The number of rotatable bonds is 38. The number of imidazole rings is 1. The molecule has 135 heavy (non-hydrogen) atoms. The van der Waals surface area contributed by atoms with Crippen LogP contribution >= 0.6 is 175 Å². The van der Waals surface area contributed by atoms with Crippen molar-refractivity contribution in [2.75, 3.05) is 72.4 Å². The van der Waals surface area contributed by atoms with Crippen molar-refractivity contribution in [2.45, 2.75) is 130 Å². The van der Waals surface area contributed by atoms with Crippen molar-refractivity contribution in [3.63, 3.8) is 0 Å². The molecule has 48 heteroatoms. The van der Waals surface area contributed by atoms with Crippen LogP contribution in [0.4, 0.5) is 0 Å². The zero-order chi connectivity index (χ0) is 96.8. The Hall–Kier alpha value is -8.93. The number of carboxylic acid groups (broad SMARTS) is 4. The second-order valence-corrected chi connectivity index (χ2v) is 43.8. The molecule has 0 radical (unpaired) electrons. The molecule has 9 aromatic rings. The number of benzene rings is 3. The van der Waals surface area contributed by atoms with Crippen LogP contribution in [0.15, 0.2) is 210 Å². The van der Waals surface area contributed by atoms with Crippen LogP contribution in [0, 0.1) is 13.8 Å². The number of β-lactam (4-membered cyclic amide) rings is 3. The zero-order valence-corrected chi connectivity index (χ0v) is 84.5. The number of carbonyl (C=O) groups is 10. The van der Waals surface area contributed by atoms with Gasteiger partial charge in [-0.1, -0.05) is 69.6 Å². The lowest BCUT2D eigenvalue weighted by Gasteiger charge is -2.49. The van der Waals surface area contributed by atoms with Crippen LogP contribution in [0.1, 0.15) is 34.9 Å². The summed E-state index contributed by atoms with van der Waals surface area (Å²) in [5.41, 5.74) is 3.88. The van der Waals surface area contributed by atoms with Gasteiger partial charge < -0.3 is 51.1 Å². The number of aliphatic carboxylic acids is 4. The Morgan fingerprint density at radius 2 is 0.941 bits per heavy atom. The van der Waals surface area contributed by atoms with Crippen LogP contribution in [0.5, 0.6) is 5.75 Å². The molecule has 6 aromatic heterocycles. The topological polar surface area (TPSA) is 417 Å². The molecule has 33 nitrogen and oxygen atoms in total. The number of halogens is 6. The highest BCUT2D eigenvalue weighted by atomic mass is 35.5. The van der Waals surface area contributed by atoms with Gasteiger partial charge >= 0.3 is 23.9 Å². The Morgan fingerprint density at radius 3 is 1.31 bits per heavy atom. The lowest BCUT2D eigenvalue weighted by Crippen LogP contribution is -2.70. The maximum atomic E-state index is 13.0. The first-order valence-electron chi connectivity index (χ1n) is 41.3. The number of aliphatic hydroxyl groups excluding tert-OH is 1. The van der Waals surface area contributed by atoms with Gasteiger partial charge in [-0.05, 0) is 76.5 Å². The zero-order valence-electron chi connectivity index (χ0n) is 72.6. The van der Waals surface area contributed by atoms with Crippen molar-refractivity contribution < 1.29 is 106 Å². The van der Waals surface area contributed by atoms with E-state index < -0.39 is 75.8 Å². The quantitative estimate of drug-likeness (QED) is 0.00745. The van der Waals surface area contributed by atoms with Crippen molar-refractivity contribution in [1.82, 2.24) is 55.8 Å². The van der Waals surface area contributed by atoms with Gasteiger partial charge in [-0.15, -0.1) is 116 Å². The molecule has 3 fully saturated rings. The van der Waals surface area contributed by atoms with Crippen LogP contribution in [-0.4, -0.2) is 241 Å². The number of carbonyl (C=O) groups excluding carboxylic acids is 6. The van der Waals surface area contributed by atoms with E-state index in [1.807, 2.05) is 103 Å². The van der Waals surface area contributed by atoms with E-state index in [9.17, 15) is 73.5 Å². The number of aromatic hydroxyl groups is 1. The molecule has 0 spiro atoms. The van der Waals surface area contributed by atoms with Crippen LogP contribution in [0.2, 0.25) is 30.1 Å². The Kier molecular flexibility index (Phi) is 36.1. The van der Waals surface area contributed by atoms with E-state index in [4.69, 9.17) is 74.7 Å². The molecule has 15 rings (SSSR count). The van der Waals surface area contributed by atoms with E-state index >= 15 is 0 Å². The van der Waals surface area contributed by atoms with Gasteiger partial charge in [-0.2, -0.15) is 9.78 Å². The summed E-state index contributed by atoms with van der Waals surface area (Å²) in [6, 6.07) is 24.3. The fourth-order valence-corrected chi connectivity index (χ4v) is 25.8. The molecular weight excluding hydrogens is 2040 g/mol. The highest BCUT2D eigenvalue weighted by Crippen LogP contribution is 2.46. The molecule has 3 saturated heterocycles. The molecule has 0 aliphatic carbocycles. The number of amides is 6. The van der Waals surface area contributed by atoms with E-state index in [0.717, 1.165) is 53.1 Å². The van der Waals surface area contributed by atoms with Gasteiger partial charge in [0.05, 0.1) is 70.7 Å². The van der Waals surface area contributed by atoms with E-state index in [-0.39, 0.29) is 71.0 Å². The lowest BCUT2D eigenvalue weighted by atomic mass is 10.0. The van der Waals surface area contributed by atoms with Gasteiger partial charge in [0, 0.05) is 136 Å². The number of H-pyrrole nitrogens is 1. The van der Waals surface area contributed by atoms with Gasteiger partial charge in [-0.3, -0.25) is 43.5 Å². The Labute approximate surface area is 843 Å². The van der Waals surface area contributed by atoms with Crippen LogP contribution in [-0.2, 0) is 101 Å². The van der Waals surface area contributed by atoms with Crippen LogP contribution in [0.3, 0.4) is 0 Å². The summed E-state index contributed by atoms with van der Waals surface area (Å²) in [5.74, 6) is -2.48. The molecule has 6 amide bonds. The highest BCUT2D eigenvalue weighted by Gasteiger charge is 2.57. The van der Waals surface area contributed by atoms with Crippen molar-refractivity contribution in [3.05, 3.63) is 239 Å². The Morgan fingerprint density at radius 1 is 0.548 bits per heavy atom. The van der Waals surface area contributed by atoms with Gasteiger partial charge in [0.25, 0.3) is 23.5 Å². The van der Waals surface area contributed by atoms with Crippen molar-refractivity contribution >= 4 is 235 Å². The number of nitrogens with zero attached hydrogens (tertiary/aromatic N) is 13. The summed E-state index contributed by atoms with van der Waals surface area (Å²) in [6.07, 6.45) is 18.0. The predicted octanol–water partition coefficient (Wildman–Crippen LogP) is 9.45. The second-order valence-electron chi connectivity index (χ2n) is 31.7. The van der Waals surface area contributed by atoms with Crippen molar-refractivity contribution in [1.29, 1.82) is 0 Å². The molecular formula is C87H91Cl6N17O16S9+6. The maximum Gasteiger partial charge on any atom is 0.352 e. The molecule has 10 N–H and O–H groups in total. The third kappa shape index (κ3) is 26.4. The molecule has 6 aliphatic rings.